The van der Waals surface area contributed by atoms with Crippen LogP contribution in [0.4, 0.5) is 4.39 Å². The summed E-state index contributed by atoms with van der Waals surface area (Å²) < 4.78 is 38.0. The van der Waals surface area contributed by atoms with Crippen molar-refractivity contribution in [1.29, 1.82) is 0 Å². The normalized spacial score (nSPS) is 13.0. The summed E-state index contributed by atoms with van der Waals surface area (Å²) in [7, 11) is -1.34. The summed E-state index contributed by atoms with van der Waals surface area (Å²) in [6, 6.07) is 25.7. The van der Waals surface area contributed by atoms with Crippen molar-refractivity contribution in [2.45, 2.75) is 72.9 Å². The van der Waals surface area contributed by atoms with E-state index in [1.54, 1.807) is 18.2 Å². The van der Waals surface area contributed by atoms with Crippen LogP contribution in [-0.4, -0.2) is 23.0 Å². The van der Waals surface area contributed by atoms with Crippen molar-refractivity contribution < 1.29 is 28.6 Å². The second-order valence-electron chi connectivity index (χ2n) is 13.9. The molecule has 0 spiro atoms. The predicted molar refractivity (Wildman–Crippen MR) is 193 cm³/mol. The minimum atomic E-state index is -2.25. The Labute approximate surface area is 296 Å². The van der Waals surface area contributed by atoms with Gasteiger partial charge in [-0.05, 0) is 62.9 Å². The van der Waals surface area contributed by atoms with E-state index < -0.39 is 14.9 Å². The third kappa shape index (κ3) is 8.06. The van der Waals surface area contributed by atoms with Gasteiger partial charge in [0.05, 0.1) is 14.3 Å². The number of fused-ring (bicyclic) bond motifs is 3. The monoisotopic (exact) mass is 827 g/mol. The predicted octanol–water partition coefficient (Wildman–Crippen LogP) is 10.3. The van der Waals surface area contributed by atoms with Crippen LogP contribution in [0.1, 0.15) is 55.6 Å². The van der Waals surface area contributed by atoms with Crippen LogP contribution in [0.25, 0.3) is 42.8 Å². The second kappa shape index (κ2) is 14.3. The van der Waals surface area contributed by atoms with Gasteiger partial charge >= 0.3 is 0 Å². The molecule has 1 radical (unpaired) electrons. The summed E-state index contributed by atoms with van der Waals surface area (Å²) in [5.74, 6) is 0.337. The summed E-state index contributed by atoms with van der Waals surface area (Å²) in [4.78, 5) is 14.0. The van der Waals surface area contributed by atoms with Gasteiger partial charge in [0.2, 0.25) is 0 Å². The van der Waals surface area contributed by atoms with Gasteiger partial charge in [0.1, 0.15) is 10.6 Å². The molecule has 4 heterocycles. The number of hydrogen-bond acceptors (Lipinski definition) is 4. The third-order valence-electron chi connectivity index (χ3n) is 7.63. The molecule has 3 nitrogen and oxygen atoms in total. The zero-order chi connectivity index (χ0) is 35.0. The fourth-order valence-corrected chi connectivity index (χ4v) is 8.21. The number of nitrogens with zero attached hydrogens (tertiary/aromatic N) is 3. The summed E-state index contributed by atoms with van der Waals surface area (Å²) in [5.41, 5.74) is 5.32. The Morgan fingerprint density at radius 2 is 1.70 bits per heavy atom. The molecule has 0 aliphatic heterocycles. The molecule has 241 valence electrons. The molecular formula is C39H42FIrN3SSi-2. The molecule has 0 atom stereocenters. The molecule has 0 N–H and O–H groups in total. The smallest absolute Gasteiger partial charge is 0.143 e. The molecule has 0 aliphatic rings. The fourth-order valence-electron chi connectivity index (χ4n) is 5.44. The van der Waals surface area contributed by atoms with Crippen LogP contribution in [-0.2, 0) is 31.9 Å². The van der Waals surface area contributed by atoms with E-state index in [1.807, 2.05) is 51.1 Å². The topological polar surface area (TPSA) is 38.7 Å². The number of rotatable bonds is 5. The van der Waals surface area contributed by atoms with Crippen molar-refractivity contribution in [2.75, 3.05) is 0 Å². The number of aromatic nitrogens is 3. The minimum Gasteiger partial charge on any atom is -0.305 e. The SMILES string of the molecule is CC(C)Cc1cc(-c2[c-]cccc2)ncc1[Si](C)(C)C.[2H]C([2H])([2H])c1ccc2c(n1)sc1c(-c3cc(C(C)(C)C)c(F)cn3)[c-]ccc12.[Ir]. The minimum absolute atomic E-state index is 0. The van der Waals surface area contributed by atoms with Gasteiger partial charge < -0.3 is 9.97 Å². The zero-order valence-corrected chi connectivity index (χ0v) is 31.9. The van der Waals surface area contributed by atoms with Gasteiger partial charge in [0.15, 0.2) is 0 Å². The number of aryl methyl sites for hydroxylation is 1. The number of hydrogen-bond donors (Lipinski definition) is 0. The molecular weight excluding hydrogens is 782 g/mol. The maximum Gasteiger partial charge on any atom is 0.143 e. The average molecular weight is 827 g/mol. The molecule has 0 saturated heterocycles. The Morgan fingerprint density at radius 3 is 2.35 bits per heavy atom. The van der Waals surface area contributed by atoms with Gasteiger partial charge in [0.25, 0.3) is 0 Å². The van der Waals surface area contributed by atoms with Crippen molar-refractivity contribution in [2.24, 2.45) is 5.92 Å². The van der Waals surface area contributed by atoms with Crippen molar-refractivity contribution in [3.63, 3.8) is 0 Å². The van der Waals surface area contributed by atoms with Crippen molar-refractivity contribution in [3.05, 3.63) is 108 Å². The van der Waals surface area contributed by atoms with Crippen LogP contribution in [0.5, 0.6) is 0 Å². The summed E-state index contributed by atoms with van der Waals surface area (Å²) in [6.45, 7) is 15.4. The molecule has 6 aromatic rings. The Bertz CT molecular complexity index is 2070. The van der Waals surface area contributed by atoms with Gasteiger partial charge in [0, 0.05) is 36.1 Å². The van der Waals surface area contributed by atoms with Crippen molar-refractivity contribution >= 4 is 44.9 Å². The van der Waals surface area contributed by atoms with Gasteiger partial charge in [-0.1, -0.05) is 83.4 Å². The maximum absolute atomic E-state index is 14.3. The number of pyridine rings is 3. The van der Waals surface area contributed by atoms with Crippen LogP contribution in [0.3, 0.4) is 0 Å². The first kappa shape index (κ1) is 31.5. The van der Waals surface area contributed by atoms with Crippen molar-refractivity contribution in [3.8, 4) is 22.5 Å². The van der Waals surface area contributed by atoms with E-state index in [9.17, 15) is 4.39 Å². The fraction of sp³-hybridized carbons (Fsp3) is 0.308. The molecule has 46 heavy (non-hydrogen) atoms. The second-order valence-corrected chi connectivity index (χ2v) is 19.9. The first-order valence-electron chi connectivity index (χ1n) is 16.8. The molecule has 0 bridgehead atoms. The maximum atomic E-state index is 14.3. The number of halogens is 1. The van der Waals surface area contributed by atoms with E-state index >= 15 is 0 Å². The van der Waals surface area contributed by atoms with Gasteiger partial charge in [-0.2, -0.15) is 11.3 Å². The molecule has 0 unspecified atom stereocenters. The van der Waals surface area contributed by atoms with Gasteiger partial charge in [-0.15, -0.1) is 59.7 Å². The average Bonchev–Trinajstić information content (AvgIpc) is 3.39. The van der Waals surface area contributed by atoms with Crippen LogP contribution in [0.15, 0.2) is 73.1 Å². The first-order valence-corrected chi connectivity index (χ1v) is 19.6. The molecule has 0 amide bonds. The largest absolute Gasteiger partial charge is 0.305 e. The van der Waals surface area contributed by atoms with Crippen molar-refractivity contribution in [1.82, 2.24) is 15.0 Å². The number of benzene rings is 2. The van der Waals surface area contributed by atoms with E-state index in [2.05, 4.69) is 78.9 Å². The number of thiophene rings is 1. The quantitative estimate of drug-likeness (QED) is 0.128. The standard InChI is InChI=1S/C21H18FN2S.C18H24NSi.Ir/c1-12-8-9-14-13-6-5-7-15(19(13)25-20(14)24-12)18-10-16(21(2,3)4)17(22)11-23-18;1-14(2)11-16-12-17(15-9-7-6-8-10-15)19-13-18(16)20(3,4)5;/h5-6,8-11H,1-4H3;6-9,12-14H,11H2,1-5H3;/q2*-1;/i1D3;;. The molecule has 7 heteroatoms. The molecule has 0 fully saturated rings. The van der Waals surface area contributed by atoms with E-state index in [1.165, 1.54) is 28.3 Å². The Balaban J connectivity index is 0.000000229. The van der Waals surface area contributed by atoms with Crippen LogP contribution in [0, 0.1) is 30.7 Å². The Morgan fingerprint density at radius 1 is 0.935 bits per heavy atom. The molecule has 4 aromatic heterocycles. The third-order valence-corrected chi connectivity index (χ3v) is 10.8. The van der Waals surface area contributed by atoms with E-state index in [0.717, 1.165) is 38.7 Å². The van der Waals surface area contributed by atoms with Crippen LogP contribution < -0.4 is 5.19 Å². The van der Waals surface area contributed by atoms with E-state index in [-0.39, 0.29) is 37.0 Å². The summed E-state index contributed by atoms with van der Waals surface area (Å²) >= 11 is 1.40. The Hall–Kier alpha value is -3.09. The van der Waals surface area contributed by atoms with Crippen LogP contribution in [0.2, 0.25) is 19.6 Å². The van der Waals surface area contributed by atoms with Crippen LogP contribution >= 0.6 is 11.3 Å². The molecule has 0 aliphatic carbocycles. The van der Waals surface area contributed by atoms with E-state index in [0.29, 0.717) is 22.0 Å². The Kier molecular flexibility index (Phi) is 9.83. The van der Waals surface area contributed by atoms with Gasteiger partial charge in [-0.25, -0.2) is 9.37 Å². The summed E-state index contributed by atoms with van der Waals surface area (Å²) in [5, 5.41) is 3.34. The zero-order valence-electron chi connectivity index (χ0n) is 30.7. The molecule has 2 aromatic carbocycles. The molecule has 0 saturated carbocycles. The van der Waals surface area contributed by atoms with Gasteiger partial charge in [-0.3, -0.25) is 0 Å². The first-order chi connectivity index (χ1) is 22.4. The molecule has 6 rings (SSSR count). The van der Waals surface area contributed by atoms with E-state index in [4.69, 9.17) is 4.11 Å². The summed E-state index contributed by atoms with van der Waals surface area (Å²) in [6.07, 6.45) is 4.49.